The largest absolute Gasteiger partial charge is 0.450 e. The van der Waals surface area contributed by atoms with Crippen molar-refractivity contribution in [3.8, 4) is 0 Å². The minimum Gasteiger partial charge on any atom is -0.450 e. The van der Waals surface area contributed by atoms with E-state index in [1.807, 2.05) is 14.0 Å². The van der Waals surface area contributed by atoms with Crippen LogP contribution in [0, 0.1) is 0 Å². The summed E-state index contributed by atoms with van der Waals surface area (Å²) in [6, 6.07) is 0. The molecule has 7 nitrogen and oxygen atoms in total. The fraction of sp³-hybridized carbons (Fsp3) is 0.812. The predicted octanol–water partition coefficient (Wildman–Crippen LogP) is 1.75. The van der Waals surface area contributed by atoms with Gasteiger partial charge in [-0.3, -0.25) is 4.90 Å². The number of hydrogen-bond acceptors (Lipinski definition) is 5. The summed E-state index contributed by atoms with van der Waals surface area (Å²) in [5.74, 6) is 2.27. The van der Waals surface area contributed by atoms with Crippen molar-refractivity contribution in [2.24, 2.45) is 7.05 Å². The van der Waals surface area contributed by atoms with Crippen LogP contribution < -0.4 is 0 Å². The van der Waals surface area contributed by atoms with Crippen molar-refractivity contribution in [1.29, 1.82) is 0 Å². The van der Waals surface area contributed by atoms with Gasteiger partial charge in [0.2, 0.25) is 0 Å². The molecule has 23 heavy (non-hydrogen) atoms. The molecular formula is C16H27N5O2. The van der Waals surface area contributed by atoms with E-state index in [-0.39, 0.29) is 12.0 Å². The molecule has 3 heterocycles. The zero-order valence-corrected chi connectivity index (χ0v) is 14.2. The second-order valence-corrected chi connectivity index (χ2v) is 6.50. The average molecular weight is 321 g/mol. The van der Waals surface area contributed by atoms with E-state index in [0.717, 1.165) is 50.7 Å². The minimum absolute atomic E-state index is 0.211. The van der Waals surface area contributed by atoms with Crippen molar-refractivity contribution in [3.05, 3.63) is 11.6 Å². The Morgan fingerprint density at radius 3 is 2.74 bits per heavy atom. The molecule has 3 rings (SSSR count). The Hall–Kier alpha value is -1.63. The Morgan fingerprint density at radius 2 is 2.00 bits per heavy atom. The van der Waals surface area contributed by atoms with Gasteiger partial charge in [0.25, 0.3) is 0 Å². The highest BCUT2D eigenvalue weighted by atomic mass is 16.6. The first-order valence-corrected chi connectivity index (χ1v) is 8.71. The van der Waals surface area contributed by atoms with Crippen LogP contribution >= 0.6 is 0 Å². The van der Waals surface area contributed by atoms with Gasteiger partial charge >= 0.3 is 6.09 Å². The third-order valence-corrected chi connectivity index (χ3v) is 4.87. The second kappa shape index (κ2) is 7.29. The summed E-state index contributed by atoms with van der Waals surface area (Å²) < 4.78 is 7.25. The summed E-state index contributed by atoms with van der Waals surface area (Å²) in [6.45, 7) is 6.89. The van der Waals surface area contributed by atoms with Crippen LogP contribution in [0.5, 0.6) is 0 Å². The lowest BCUT2D eigenvalue weighted by Crippen LogP contribution is -2.40. The maximum atomic E-state index is 11.9. The summed E-state index contributed by atoms with van der Waals surface area (Å²) >= 11 is 0. The van der Waals surface area contributed by atoms with Gasteiger partial charge in [0.1, 0.15) is 11.6 Å². The summed E-state index contributed by atoms with van der Waals surface area (Å²) in [5, 5.41) is 8.83. The van der Waals surface area contributed by atoms with Crippen LogP contribution in [-0.2, 0) is 18.3 Å². The molecule has 2 fully saturated rings. The Labute approximate surface area is 137 Å². The zero-order chi connectivity index (χ0) is 16.2. The van der Waals surface area contributed by atoms with Gasteiger partial charge in [-0.15, -0.1) is 10.2 Å². The van der Waals surface area contributed by atoms with Crippen LogP contribution in [0.4, 0.5) is 4.79 Å². The first-order valence-electron chi connectivity index (χ1n) is 8.71. The molecule has 1 unspecified atom stereocenters. The van der Waals surface area contributed by atoms with Gasteiger partial charge in [-0.05, 0) is 45.7 Å². The molecule has 2 saturated heterocycles. The smallest absolute Gasteiger partial charge is 0.409 e. The number of nitrogens with zero attached hydrogens (tertiary/aromatic N) is 5. The molecule has 1 atom stereocenters. The molecule has 1 aromatic rings. The SMILES string of the molecule is CCOC(=O)N1CCCC(c2nnc(CN3CCCC3)n2C)C1. The summed E-state index contributed by atoms with van der Waals surface area (Å²) in [4.78, 5) is 16.2. The van der Waals surface area contributed by atoms with Crippen LogP contribution in [-0.4, -0.2) is 63.4 Å². The number of carbonyl (C=O) groups is 1. The Kier molecular flexibility index (Phi) is 5.15. The Morgan fingerprint density at radius 1 is 1.22 bits per heavy atom. The molecule has 2 aliphatic rings. The molecule has 0 N–H and O–H groups in total. The molecule has 0 saturated carbocycles. The molecule has 0 radical (unpaired) electrons. The lowest BCUT2D eigenvalue weighted by Gasteiger charge is -2.31. The fourth-order valence-corrected chi connectivity index (χ4v) is 3.58. The number of aromatic nitrogens is 3. The highest BCUT2D eigenvalue weighted by molar-refractivity contribution is 5.67. The quantitative estimate of drug-likeness (QED) is 0.845. The van der Waals surface area contributed by atoms with Crippen molar-refractivity contribution in [1.82, 2.24) is 24.6 Å². The minimum atomic E-state index is -0.211. The highest BCUT2D eigenvalue weighted by Crippen LogP contribution is 2.26. The lowest BCUT2D eigenvalue weighted by molar-refractivity contribution is 0.0949. The third-order valence-electron chi connectivity index (χ3n) is 4.87. The molecule has 128 valence electrons. The molecule has 0 aromatic carbocycles. The van der Waals surface area contributed by atoms with Gasteiger partial charge in [-0.1, -0.05) is 0 Å². The molecule has 0 bridgehead atoms. The van der Waals surface area contributed by atoms with E-state index < -0.39 is 0 Å². The molecule has 0 spiro atoms. The van der Waals surface area contributed by atoms with Gasteiger partial charge in [-0.2, -0.15) is 0 Å². The van der Waals surface area contributed by atoms with Crippen LogP contribution in [0.15, 0.2) is 0 Å². The number of carbonyl (C=O) groups excluding carboxylic acids is 1. The highest BCUT2D eigenvalue weighted by Gasteiger charge is 2.29. The van der Waals surface area contributed by atoms with Crippen LogP contribution in [0.1, 0.15) is 50.2 Å². The normalized spacial score (nSPS) is 22.5. The number of ether oxygens (including phenoxy) is 1. The van der Waals surface area contributed by atoms with Gasteiger partial charge in [-0.25, -0.2) is 4.79 Å². The first kappa shape index (κ1) is 16.2. The number of piperidine rings is 1. The van der Waals surface area contributed by atoms with E-state index in [1.54, 1.807) is 4.90 Å². The summed E-state index contributed by atoms with van der Waals surface area (Å²) in [7, 11) is 2.05. The van der Waals surface area contributed by atoms with Crippen molar-refractivity contribution in [2.45, 2.75) is 45.1 Å². The Bertz CT molecular complexity index is 539. The maximum absolute atomic E-state index is 11.9. The molecule has 0 aliphatic carbocycles. The molecule has 1 amide bonds. The number of hydrogen-bond donors (Lipinski definition) is 0. The average Bonchev–Trinajstić information content (AvgIpc) is 3.19. The zero-order valence-electron chi connectivity index (χ0n) is 14.2. The van der Waals surface area contributed by atoms with Gasteiger partial charge in [0.15, 0.2) is 0 Å². The van der Waals surface area contributed by atoms with Crippen molar-refractivity contribution in [3.63, 3.8) is 0 Å². The first-order chi connectivity index (χ1) is 11.2. The van der Waals surface area contributed by atoms with E-state index >= 15 is 0 Å². The maximum Gasteiger partial charge on any atom is 0.409 e. The van der Waals surface area contributed by atoms with Gasteiger partial charge < -0.3 is 14.2 Å². The van der Waals surface area contributed by atoms with E-state index in [4.69, 9.17) is 4.74 Å². The molecular weight excluding hydrogens is 294 g/mol. The fourth-order valence-electron chi connectivity index (χ4n) is 3.58. The summed E-state index contributed by atoms with van der Waals surface area (Å²) in [6.07, 6.45) is 4.38. The van der Waals surface area contributed by atoms with Crippen LogP contribution in [0.2, 0.25) is 0 Å². The van der Waals surface area contributed by atoms with E-state index in [9.17, 15) is 4.79 Å². The lowest BCUT2D eigenvalue weighted by atomic mass is 9.97. The molecule has 7 heteroatoms. The van der Waals surface area contributed by atoms with Crippen LogP contribution in [0.25, 0.3) is 0 Å². The topological polar surface area (TPSA) is 63.5 Å². The predicted molar refractivity (Wildman–Crippen MR) is 86.1 cm³/mol. The van der Waals surface area contributed by atoms with Crippen LogP contribution in [0.3, 0.4) is 0 Å². The Balaban J connectivity index is 1.66. The van der Waals surface area contributed by atoms with Gasteiger partial charge in [0, 0.05) is 26.1 Å². The second-order valence-electron chi connectivity index (χ2n) is 6.50. The number of amides is 1. The van der Waals surface area contributed by atoms with E-state index in [0.29, 0.717) is 13.2 Å². The van der Waals surface area contributed by atoms with Crippen molar-refractivity contribution in [2.75, 3.05) is 32.8 Å². The van der Waals surface area contributed by atoms with Crippen molar-refractivity contribution < 1.29 is 9.53 Å². The number of likely N-dealkylation sites (tertiary alicyclic amines) is 2. The monoisotopic (exact) mass is 321 g/mol. The standard InChI is InChI=1S/C16H27N5O2/c1-3-23-16(22)21-10-6-7-13(11-21)15-18-17-14(19(15)2)12-20-8-4-5-9-20/h13H,3-12H2,1-2H3. The molecule has 1 aromatic heterocycles. The summed E-state index contributed by atoms with van der Waals surface area (Å²) in [5.41, 5.74) is 0. The number of rotatable bonds is 4. The molecule has 2 aliphatic heterocycles. The van der Waals surface area contributed by atoms with Gasteiger partial charge in [0.05, 0.1) is 13.2 Å². The van der Waals surface area contributed by atoms with Crippen molar-refractivity contribution >= 4 is 6.09 Å². The third kappa shape index (κ3) is 3.65. The van der Waals surface area contributed by atoms with E-state index in [1.165, 1.54) is 12.8 Å². The van der Waals surface area contributed by atoms with E-state index in [2.05, 4.69) is 19.7 Å².